The van der Waals surface area contributed by atoms with E-state index in [1.54, 1.807) is 17.8 Å². The van der Waals surface area contributed by atoms with Crippen LogP contribution in [0.3, 0.4) is 0 Å². The van der Waals surface area contributed by atoms with Crippen LogP contribution >= 0.6 is 39.3 Å². The van der Waals surface area contributed by atoms with E-state index >= 15 is 0 Å². The molecule has 1 heterocycles. The highest BCUT2D eigenvalue weighted by atomic mass is 79.9. The van der Waals surface area contributed by atoms with Crippen molar-refractivity contribution in [2.75, 3.05) is 19.3 Å². The summed E-state index contributed by atoms with van der Waals surface area (Å²) in [6, 6.07) is 5.64. The molecule has 0 aliphatic carbocycles. The van der Waals surface area contributed by atoms with E-state index in [-0.39, 0.29) is 5.91 Å². The molecule has 19 heavy (non-hydrogen) atoms. The van der Waals surface area contributed by atoms with Gasteiger partial charge in [0.2, 0.25) is 0 Å². The summed E-state index contributed by atoms with van der Waals surface area (Å²) >= 11 is 11.4. The molecule has 2 atom stereocenters. The zero-order chi connectivity index (χ0) is 14.0. The van der Waals surface area contributed by atoms with Gasteiger partial charge in [-0.15, -0.1) is 11.8 Å². The van der Waals surface area contributed by atoms with E-state index in [4.69, 9.17) is 11.6 Å². The molecule has 1 aliphatic heterocycles. The Morgan fingerprint density at radius 1 is 1.53 bits per heavy atom. The Labute approximate surface area is 132 Å². The van der Waals surface area contributed by atoms with E-state index in [1.165, 1.54) is 0 Å². The molecule has 1 aromatic carbocycles. The second-order valence-electron chi connectivity index (χ2n) is 4.88. The van der Waals surface area contributed by atoms with Gasteiger partial charge in [-0.3, -0.25) is 4.79 Å². The number of carbonyl (C=O) groups is 1. The van der Waals surface area contributed by atoms with Gasteiger partial charge in [0.05, 0.1) is 10.6 Å². The summed E-state index contributed by atoms with van der Waals surface area (Å²) in [6.45, 7) is 3.74. The van der Waals surface area contributed by atoms with Crippen LogP contribution in [-0.4, -0.2) is 35.0 Å². The monoisotopic (exact) mass is 361 g/mol. The third-order valence-electron chi connectivity index (χ3n) is 3.49. The van der Waals surface area contributed by atoms with Gasteiger partial charge in [-0.05, 0) is 36.8 Å². The molecule has 2 rings (SSSR count). The summed E-state index contributed by atoms with van der Waals surface area (Å²) in [5, 5.41) is 0.538. The SMILES string of the molecule is CSc1ccc(Cl)c(C(=O)N2CCC(Br)C(C)C2)c1. The van der Waals surface area contributed by atoms with Crippen LogP contribution in [0, 0.1) is 5.92 Å². The van der Waals surface area contributed by atoms with Crippen molar-refractivity contribution in [3.8, 4) is 0 Å². The maximum absolute atomic E-state index is 12.6. The number of amides is 1. The van der Waals surface area contributed by atoms with Gasteiger partial charge >= 0.3 is 0 Å². The van der Waals surface area contributed by atoms with Gasteiger partial charge in [0.15, 0.2) is 0 Å². The van der Waals surface area contributed by atoms with Crippen LogP contribution in [0.25, 0.3) is 0 Å². The molecular weight excluding hydrogens is 346 g/mol. The lowest BCUT2D eigenvalue weighted by Crippen LogP contribution is -2.43. The molecule has 0 saturated carbocycles. The first-order chi connectivity index (χ1) is 9.02. The number of benzene rings is 1. The number of carbonyl (C=O) groups excluding carboxylic acids is 1. The molecule has 1 saturated heterocycles. The lowest BCUT2D eigenvalue weighted by atomic mass is 9.99. The number of hydrogen-bond acceptors (Lipinski definition) is 2. The summed E-state index contributed by atoms with van der Waals surface area (Å²) in [5.74, 6) is 0.521. The summed E-state index contributed by atoms with van der Waals surface area (Å²) in [7, 11) is 0. The largest absolute Gasteiger partial charge is 0.338 e. The number of hydrogen-bond donors (Lipinski definition) is 0. The third-order valence-corrected chi connectivity index (χ3v) is 5.91. The molecular formula is C14H17BrClNOS. The van der Waals surface area contributed by atoms with Crippen molar-refractivity contribution in [2.24, 2.45) is 5.92 Å². The summed E-state index contributed by atoms with van der Waals surface area (Å²) in [5.41, 5.74) is 0.619. The number of rotatable bonds is 2. The zero-order valence-corrected chi connectivity index (χ0v) is 14.2. The van der Waals surface area contributed by atoms with E-state index in [9.17, 15) is 4.79 Å². The topological polar surface area (TPSA) is 20.3 Å². The van der Waals surface area contributed by atoms with Crippen molar-refractivity contribution < 1.29 is 4.79 Å². The maximum atomic E-state index is 12.6. The molecule has 2 nitrogen and oxygen atoms in total. The fourth-order valence-electron chi connectivity index (χ4n) is 2.27. The number of thioether (sulfide) groups is 1. The second-order valence-corrected chi connectivity index (χ2v) is 7.34. The third kappa shape index (κ3) is 3.47. The molecule has 0 N–H and O–H groups in total. The van der Waals surface area contributed by atoms with Crippen molar-refractivity contribution in [1.29, 1.82) is 0 Å². The Balaban J connectivity index is 2.20. The highest BCUT2D eigenvalue weighted by molar-refractivity contribution is 9.09. The van der Waals surface area contributed by atoms with Gasteiger partial charge in [-0.1, -0.05) is 34.5 Å². The van der Waals surface area contributed by atoms with Gasteiger partial charge in [0, 0.05) is 22.8 Å². The van der Waals surface area contributed by atoms with E-state index in [0.29, 0.717) is 21.3 Å². The Morgan fingerprint density at radius 2 is 2.26 bits per heavy atom. The van der Waals surface area contributed by atoms with E-state index < -0.39 is 0 Å². The number of nitrogens with zero attached hydrogens (tertiary/aromatic N) is 1. The van der Waals surface area contributed by atoms with Crippen LogP contribution in [0.4, 0.5) is 0 Å². The fourth-order valence-corrected chi connectivity index (χ4v) is 3.28. The van der Waals surface area contributed by atoms with Crippen LogP contribution in [0.5, 0.6) is 0 Å². The standard InChI is InChI=1S/C14H17BrClNOS/c1-9-8-17(6-5-12(9)15)14(18)11-7-10(19-2)3-4-13(11)16/h3-4,7,9,12H,5-6,8H2,1-2H3. The quantitative estimate of drug-likeness (QED) is 0.577. The predicted molar refractivity (Wildman–Crippen MR) is 85.6 cm³/mol. The number of alkyl halides is 1. The average molecular weight is 363 g/mol. The van der Waals surface area contributed by atoms with Crippen LogP contribution in [0.2, 0.25) is 5.02 Å². The maximum Gasteiger partial charge on any atom is 0.255 e. The Bertz CT molecular complexity index is 483. The van der Waals surface area contributed by atoms with Crippen LogP contribution in [0.15, 0.2) is 23.1 Å². The molecule has 1 amide bonds. The van der Waals surface area contributed by atoms with Crippen molar-refractivity contribution >= 4 is 45.2 Å². The van der Waals surface area contributed by atoms with Crippen molar-refractivity contribution in [2.45, 2.75) is 23.1 Å². The predicted octanol–water partition coefficient (Wildman–Crippen LogP) is 4.31. The molecule has 0 aromatic heterocycles. The number of likely N-dealkylation sites (tertiary alicyclic amines) is 1. The summed E-state index contributed by atoms with van der Waals surface area (Å²) in [4.78, 5) is 16.0. The number of halogens is 2. The van der Waals surface area contributed by atoms with Crippen LogP contribution in [0.1, 0.15) is 23.7 Å². The molecule has 104 valence electrons. The van der Waals surface area contributed by atoms with Gasteiger partial charge in [-0.2, -0.15) is 0 Å². The number of piperidine rings is 1. The lowest BCUT2D eigenvalue weighted by Gasteiger charge is -2.34. The first-order valence-corrected chi connectivity index (χ1v) is 8.81. The molecule has 5 heteroatoms. The minimum atomic E-state index is 0.0483. The minimum Gasteiger partial charge on any atom is -0.338 e. The highest BCUT2D eigenvalue weighted by Gasteiger charge is 2.28. The molecule has 0 radical (unpaired) electrons. The van der Waals surface area contributed by atoms with E-state index in [2.05, 4.69) is 22.9 Å². The van der Waals surface area contributed by atoms with Crippen molar-refractivity contribution in [3.63, 3.8) is 0 Å². The fraction of sp³-hybridized carbons (Fsp3) is 0.500. The van der Waals surface area contributed by atoms with Gasteiger partial charge in [-0.25, -0.2) is 0 Å². The van der Waals surface area contributed by atoms with Crippen molar-refractivity contribution in [1.82, 2.24) is 4.90 Å². The molecule has 1 aromatic rings. The highest BCUT2D eigenvalue weighted by Crippen LogP contribution is 2.28. The summed E-state index contributed by atoms with van der Waals surface area (Å²) in [6.07, 6.45) is 2.99. The molecule has 1 fully saturated rings. The van der Waals surface area contributed by atoms with E-state index in [0.717, 1.165) is 24.4 Å². The first kappa shape index (κ1) is 15.2. The van der Waals surface area contributed by atoms with Gasteiger partial charge in [0.1, 0.15) is 0 Å². The first-order valence-electron chi connectivity index (χ1n) is 6.29. The molecule has 0 bridgehead atoms. The van der Waals surface area contributed by atoms with Crippen molar-refractivity contribution in [3.05, 3.63) is 28.8 Å². The van der Waals surface area contributed by atoms with Crippen LogP contribution in [-0.2, 0) is 0 Å². The molecule has 1 aliphatic rings. The smallest absolute Gasteiger partial charge is 0.255 e. The Hall–Kier alpha value is -0.190. The molecule has 2 unspecified atom stereocenters. The van der Waals surface area contributed by atoms with E-state index in [1.807, 2.05) is 23.3 Å². The normalized spacial score (nSPS) is 23.5. The van der Waals surface area contributed by atoms with Crippen LogP contribution < -0.4 is 0 Å². The summed E-state index contributed by atoms with van der Waals surface area (Å²) < 4.78 is 0. The lowest BCUT2D eigenvalue weighted by molar-refractivity contribution is 0.0690. The Morgan fingerprint density at radius 3 is 2.89 bits per heavy atom. The minimum absolute atomic E-state index is 0.0483. The Kier molecular flexibility index (Phi) is 5.21. The van der Waals surface area contributed by atoms with Gasteiger partial charge in [0.25, 0.3) is 5.91 Å². The second kappa shape index (κ2) is 6.51. The zero-order valence-electron chi connectivity index (χ0n) is 11.0. The van der Waals surface area contributed by atoms with Gasteiger partial charge < -0.3 is 4.90 Å². The molecule has 0 spiro atoms. The average Bonchev–Trinajstić information content (AvgIpc) is 2.41.